The second-order valence-electron chi connectivity index (χ2n) is 8.20. The van der Waals surface area contributed by atoms with Crippen molar-refractivity contribution in [2.45, 2.75) is 71.3 Å². The summed E-state index contributed by atoms with van der Waals surface area (Å²) in [4.78, 5) is 56.5. The number of carboxylic acid groups (broad SMARTS) is 1. The number of esters is 1. The molecule has 0 unspecified atom stereocenters. The van der Waals surface area contributed by atoms with Crippen molar-refractivity contribution in [3.63, 3.8) is 0 Å². The Morgan fingerprint density at radius 3 is 2.69 bits per heavy atom. The third-order valence-electron chi connectivity index (χ3n) is 5.66. The van der Waals surface area contributed by atoms with E-state index in [2.05, 4.69) is 17.0 Å². The van der Waals surface area contributed by atoms with Crippen molar-refractivity contribution in [3.8, 4) is 0 Å². The van der Waals surface area contributed by atoms with E-state index in [-0.39, 0.29) is 24.8 Å². The van der Waals surface area contributed by atoms with Crippen LogP contribution in [-0.2, 0) is 28.6 Å². The molecule has 0 amide bonds. The average Bonchev–Trinajstić information content (AvgIpc) is 3.16. The monoisotopic (exact) mass is 495 g/mol. The lowest BCUT2D eigenvalue weighted by Crippen LogP contribution is -2.36. The number of nitrogens with zero attached hydrogens (tertiary/aromatic N) is 2. The first kappa shape index (κ1) is 27.8. The molecule has 0 aliphatic carbocycles. The number of aromatic nitrogens is 2. The van der Waals surface area contributed by atoms with Gasteiger partial charge in [0.25, 0.3) is 0 Å². The van der Waals surface area contributed by atoms with Crippen LogP contribution in [0.15, 0.2) is 29.7 Å². The van der Waals surface area contributed by atoms with Gasteiger partial charge in [-0.25, -0.2) is 19.9 Å². The SMILES string of the molecule is C=C[C@@H]1[C@H](OC(=O)O)[C@@H](COC(=O)[C@H](C)CC)O[C@H]1n1ccc(NOC(=O)CCCCC)nc1=O. The van der Waals surface area contributed by atoms with Gasteiger partial charge in [-0.1, -0.05) is 39.7 Å². The summed E-state index contributed by atoms with van der Waals surface area (Å²) in [5.74, 6) is -2.02. The molecule has 5 atom stereocenters. The van der Waals surface area contributed by atoms with Crippen LogP contribution in [0.5, 0.6) is 0 Å². The summed E-state index contributed by atoms with van der Waals surface area (Å²) in [6.07, 6.45) is 1.53. The highest BCUT2D eigenvalue weighted by molar-refractivity contribution is 5.72. The quantitative estimate of drug-likeness (QED) is 0.136. The van der Waals surface area contributed by atoms with Gasteiger partial charge in [-0.15, -0.1) is 6.58 Å². The van der Waals surface area contributed by atoms with Gasteiger partial charge in [0.15, 0.2) is 5.82 Å². The Morgan fingerprint density at radius 2 is 2.09 bits per heavy atom. The molecule has 1 aromatic heterocycles. The largest absolute Gasteiger partial charge is 0.506 e. The van der Waals surface area contributed by atoms with Crippen molar-refractivity contribution in [2.75, 3.05) is 12.1 Å². The minimum atomic E-state index is -1.55. The summed E-state index contributed by atoms with van der Waals surface area (Å²) < 4.78 is 17.3. The Kier molecular flexibility index (Phi) is 10.7. The lowest BCUT2D eigenvalue weighted by molar-refractivity contribution is -0.154. The number of hydrogen-bond donors (Lipinski definition) is 2. The maximum absolute atomic E-state index is 12.7. The molecule has 1 aliphatic heterocycles. The second kappa shape index (κ2) is 13.5. The van der Waals surface area contributed by atoms with Gasteiger partial charge in [0.1, 0.15) is 25.0 Å². The molecule has 12 heteroatoms. The molecule has 0 aromatic carbocycles. The lowest BCUT2D eigenvalue weighted by Gasteiger charge is -2.21. The highest BCUT2D eigenvalue weighted by atomic mass is 16.7. The maximum atomic E-state index is 12.7. The van der Waals surface area contributed by atoms with Gasteiger partial charge in [0.2, 0.25) is 0 Å². The third kappa shape index (κ3) is 7.81. The third-order valence-corrected chi connectivity index (χ3v) is 5.66. The van der Waals surface area contributed by atoms with Crippen LogP contribution in [0, 0.1) is 11.8 Å². The van der Waals surface area contributed by atoms with Crippen LogP contribution < -0.4 is 11.2 Å². The zero-order chi connectivity index (χ0) is 26.0. The molecule has 12 nitrogen and oxygen atoms in total. The summed E-state index contributed by atoms with van der Waals surface area (Å²) in [5.41, 5.74) is 1.60. The number of carbonyl (C=O) groups excluding carboxylic acids is 2. The maximum Gasteiger partial charge on any atom is 0.506 e. The number of carbonyl (C=O) groups is 3. The minimum Gasteiger partial charge on any atom is -0.463 e. The smallest absolute Gasteiger partial charge is 0.463 e. The molecule has 1 saturated heterocycles. The summed E-state index contributed by atoms with van der Waals surface area (Å²) in [6, 6.07) is 1.40. The highest BCUT2D eigenvalue weighted by Crippen LogP contribution is 2.37. The normalized spacial score (nSPS) is 22.1. The van der Waals surface area contributed by atoms with Gasteiger partial charge in [-0.2, -0.15) is 4.98 Å². The van der Waals surface area contributed by atoms with Gasteiger partial charge >= 0.3 is 23.8 Å². The van der Waals surface area contributed by atoms with E-state index in [1.54, 1.807) is 6.92 Å². The topological polar surface area (TPSA) is 155 Å². The number of ether oxygens (including phenoxy) is 3. The van der Waals surface area contributed by atoms with E-state index in [0.29, 0.717) is 12.8 Å². The van der Waals surface area contributed by atoms with E-state index in [4.69, 9.17) is 19.0 Å². The zero-order valence-electron chi connectivity index (χ0n) is 20.2. The number of rotatable bonds is 13. The molecule has 0 bridgehead atoms. The van der Waals surface area contributed by atoms with Crippen LogP contribution >= 0.6 is 0 Å². The zero-order valence-corrected chi connectivity index (χ0v) is 20.2. The number of hydrogen-bond acceptors (Lipinski definition) is 10. The minimum absolute atomic E-state index is 0.0145. The van der Waals surface area contributed by atoms with Crippen LogP contribution in [0.3, 0.4) is 0 Å². The Labute approximate surface area is 203 Å². The Bertz CT molecular complexity index is 948. The fourth-order valence-corrected chi connectivity index (χ4v) is 3.48. The van der Waals surface area contributed by atoms with E-state index < -0.39 is 48.1 Å². The predicted molar refractivity (Wildman–Crippen MR) is 123 cm³/mol. The Balaban J connectivity index is 2.14. The molecule has 1 aromatic rings. The van der Waals surface area contributed by atoms with Gasteiger partial charge < -0.3 is 24.2 Å². The van der Waals surface area contributed by atoms with Gasteiger partial charge in [-0.3, -0.25) is 9.36 Å². The van der Waals surface area contributed by atoms with E-state index in [9.17, 15) is 24.3 Å². The number of nitrogens with one attached hydrogen (secondary N) is 1. The van der Waals surface area contributed by atoms with E-state index in [1.165, 1.54) is 18.3 Å². The fraction of sp³-hybridized carbons (Fsp3) is 0.609. The average molecular weight is 496 g/mol. The van der Waals surface area contributed by atoms with Gasteiger partial charge in [0, 0.05) is 18.7 Å². The van der Waals surface area contributed by atoms with Crippen molar-refractivity contribution in [1.29, 1.82) is 0 Å². The lowest BCUT2D eigenvalue weighted by atomic mass is 9.99. The van der Waals surface area contributed by atoms with Crippen molar-refractivity contribution in [2.24, 2.45) is 11.8 Å². The van der Waals surface area contributed by atoms with Crippen LogP contribution in [0.1, 0.15) is 59.1 Å². The molecule has 1 fully saturated rings. The molecule has 2 rings (SSSR count). The van der Waals surface area contributed by atoms with Crippen molar-refractivity contribution in [3.05, 3.63) is 35.4 Å². The molecule has 2 heterocycles. The first-order valence-electron chi connectivity index (χ1n) is 11.6. The summed E-state index contributed by atoms with van der Waals surface area (Å²) >= 11 is 0. The summed E-state index contributed by atoms with van der Waals surface area (Å²) in [7, 11) is 0. The molecule has 35 heavy (non-hydrogen) atoms. The number of anilines is 1. The van der Waals surface area contributed by atoms with Gasteiger partial charge in [-0.05, 0) is 12.8 Å². The molecule has 0 spiro atoms. The Hall–Kier alpha value is -3.41. The van der Waals surface area contributed by atoms with Crippen LogP contribution in [0.2, 0.25) is 0 Å². The second-order valence-corrected chi connectivity index (χ2v) is 8.20. The predicted octanol–water partition coefficient (Wildman–Crippen LogP) is 3.05. The first-order valence-corrected chi connectivity index (χ1v) is 11.6. The molecule has 0 radical (unpaired) electrons. The summed E-state index contributed by atoms with van der Waals surface area (Å²) in [5, 5.41) is 9.18. The first-order chi connectivity index (χ1) is 16.7. The summed E-state index contributed by atoms with van der Waals surface area (Å²) in [6.45, 7) is 9.01. The molecule has 1 aliphatic rings. The van der Waals surface area contributed by atoms with Crippen LogP contribution in [-0.4, -0.2) is 51.6 Å². The Morgan fingerprint density at radius 1 is 1.34 bits per heavy atom. The molecule has 194 valence electrons. The molecular formula is C23H33N3O9. The van der Waals surface area contributed by atoms with E-state index >= 15 is 0 Å². The molecular weight excluding hydrogens is 462 g/mol. The number of unbranched alkanes of at least 4 members (excludes halogenated alkanes) is 2. The molecule has 2 N–H and O–H groups in total. The van der Waals surface area contributed by atoms with Gasteiger partial charge in [0.05, 0.1) is 11.8 Å². The molecule has 0 saturated carbocycles. The van der Waals surface area contributed by atoms with Crippen LogP contribution in [0.25, 0.3) is 0 Å². The van der Waals surface area contributed by atoms with E-state index in [1.807, 2.05) is 13.8 Å². The fourth-order valence-electron chi connectivity index (χ4n) is 3.48. The van der Waals surface area contributed by atoms with Crippen LogP contribution in [0.4, 0.5) is 10.6 Å². The van der Waals surface area contributed by atoms with Crippen molar-refractivity contribution < 1.29 is 38.5 Å². The van der Waals surface area contributed by atoms with Crippen molar-refractivity contribution in [1.82, 2.24) is 9.55 Å². The highest BCUT2D eigenvalue weighted by Gasteiger charge is 2.47. The van der Waals surface area contributed by atoms with Crippen molar-refractivity contribution >= 4 is 23.9 Å². The van der Waals surface area contributed by atoms with E-state index in [0.717, 1.165) is 17.4 Å². The standard InChI is InChI=1S/C23H33N3O9/c1-5-8-9-10-18(27)35-25-17-11-12-26(22(29)24-17)20-15(7-3)19(34-23(30)31)16(33-20)13-32-21(28)14(4)6-2/h7,11-12,14-16,19-20H,3,5-6,8-10,13H2,1-2,4H3,(H,30,31)(H,24,25,29)/t14-,15-,16-,19+,20-/m1/s1.